The van der Waals surface area contributed by atoms with Crippen molar-refractivity contribution >= 4 is 61.0 Å². The quantitative estimate of drug-likeness (QED) is 0.173. The minimum Gasteiger partial charge on any atom is -0.274 e. The van der Waals surface area contributed by atoms with Gasteiger partial charge in [0, 0.05) is 5.02 Å². The molecule has 8 rings (SSSR count). The number of hydrogen-bond donors (Lipinski definition) is 0. The first-order valence-electron chi connectivity index (χ1n) is 11.7. The van der Waals surface area contributed by atoms with Crippen molar-refractivity contribution in [3.63, 3.8) is 0 Å². The zero-order valence-electron chi connectivity index (χ0n) is 18.8. The van der Waals surface area contributed by atoms with E-state index in [-0.39, 0.29) is 11.8 Å². The monoisotopic (exact) mass is 617 g/mol. The molecule has 1 aliphatic heterocycles. The van der Waals surface area contributed by atoms with E-state index >= 15 is 0 Å². The van der Waals surface area contributed by atoms with Crippen LogP contribution in [0.25, 0.3) is 11.1 Å². The molecule has 0 spiro atoms. The highest BCUT2D eigenvalue weighted by Crippen LogP contribution is 2.70. The molecule has 4 aromatic carbocycles. The molecule has 3 aliphatic carbocycles. The van der Waals surface area contributed by atoms with Gasteiger partial charge in [-0.05, 0) is 57.6 Å². The Morgan fingerprint density at radius 1 is 0.583 bits per heavy atom. The number of alkyl halides is 2. The summed E-state index contributed by atoms with van der Waals surface area (Å²) >= 11 is 14.1. The molecule has 2 bridgehead atoms. The van der Waals surface area contributed by atoms with Crippen molar-refractivity contribution in [1.29, 1.82) is 0 Å². The van der Waals surface area contributed by atoms with Gasteiger partial charge in [-0.25, -0.2) is 4.90 Å². The molecule has 176 valence electrons. The molecule has 0 radical (unpaired) electrons. The minimum atomic E-state index is -0.787. The molecule has 3 nitrogen and oxygen atoms in total. The van der Waals surface area contributed by atoms with E-state index in [9.17, 15) is 9.59 Å². The van der Waals surface area contributed by atoms with Crippen molar-refractivity contribution in [2.45, 2.75) is 8.65 Å². The molecule has 2 atom stereocenters. The van der Waals surface area contributed by atoms with Gasteiger partial charge in [-0.2, -0.15) is 0 Å². The number of nitrogens with zero attached hydrogens (tertiary/aromatic N) is 1. The highest BCUT2D eigenvalue weighted by Gasteiger charge is 2.72. The fourth-order valence-corrected chi connectivity index (χ4v) is 8.80. The molecule has 1 heterocycles. The van der Waals surface area contributed by atoms with Crippen molar-refractivity contribution < 1.29 is 9.59 Å². The van der Waals surface area contributed by atoms with Gasteiger partial charge in [0.25, 0.3) is 0 Å². The molecular weight excluding hydrogens is 602 g/mol. The van der Waals surface area contributed by atoms with Gasteiger partial charge in [0.2, 0.25) is 11.8 Å². The average molecular weight is 620 g/mol. The number of carbonyl (C=O) groups is 2. The van der Waals surface area contributed by atoms with Gasteiger partial charge in [0.1, 0.15) is 0 Å². The molecule has 0 unspecified atom stereocenters. The normalized spacial score (nSPS) is 27.6. The maximum Gasteiger partial charge on any atom is 0.239 e. The van der Waals surface area contributed by atoms with E-state index in [0.29, 0.717) is 10.7 Å². The van der Waals surface area contributed by atoms with E-state index in [2.05, 4.69) is 56.1 Å². The fraction of sp³-hybridized carbons (Fsp3) is 0.133. The summed E-state index contributed by atoms with van der Waals surface area (Å²) in [5.41, 5.74) is 6.70. The van der Waals surface area contributed by atoms with Crippen LogP contribution in [0.4, 0.5) is 5.69 Å². The topological polar surface area (TPSA) is 37.4 Å². The average Bonchev–Trinajstić information content (AvgIpc) is 3.19. The van der Waals surface area contributed by atoms with Crippen LogP contribution in [-0.2, 0) is 18.2 Å². The van der Waals surface area contributed by atoms with E-state index in [1.54, 1.807) is 0 Å². The molecule has 36 heavy (non-hydrogen) atoms. The number of imide groups is 1. The lowest BCUT2D eigenvalue weighted by Gasteiger charge is -2.55. The number of halogens is 3. The van der Waals surface area contributed by atoms with Crippen LogP contribution < -0.4 is 4.90 Å². The number of carbonyl (C=O) groups excluding carboxylic acids is 2. The maximum atomic E-state index is 14.1. The van der Waals surface area contributed by atoms with Crippen molar-refractivity contribution in [1.82, 2.24) is 0 Å². The van der Waals surface area contributed by atoms with E-state index in [1.807, 2.05) is 72.8 Å². The molecule has 2 amide bonds. The molecule has 4 aromatic rings. The summed E-state index contributed by atoms with van der Waals surface area (Å²) in [6, 6.07) is 31.4. The second-order valence-electron chi connectivity index (χ2n) is 9.54. The molecule has 6 heteroatoms. The zero-order chi connectivity index (χ0) is 24.8. The highest BCUT2D eigenvalue weighted by molar-refractivity contribution is 9.10. The van der Waals surface area contributed by atoms with Gasteiger partial charge < -0.3 is 0 Å². The van der Waals surface area contributed by atoms with Crippen LogP contribution in [0.3, 0.4) is 0 Å². The highest BCUT2D eigenvalue weighted by atomic mass is 79.9. The first-order valence-corrected chi connectivity index (χ1v) is 13.6. The predicted octanol–water partition coefficient (Wildman–Crippen LogP) is 7.42. The Morgan fingerprint density at radius 3 is 1.33 bits per heavy atom. The minimum absolute atomic E-state index is 0.186. The molecule has 1 saturated heterocycles. The SMILES string of the molecule is O=C1[C@H]2[C@H](C(=O)N1c1ccc(-c3ccc(Cl)cc3)cc1)C1(Br)c3ccccc3C2(Br)c2ccccc21. The first kappa shape index (κ1) is 22.5. The van der Waals surface area contributed by atoms with E-state index in [0.717, 1.165) is 33.4 Å². The number of amides is 2. The number of anilines is 1. The van der Waals surface area contributed by atoms with Crippen molar-refractivity contribution in [3.8, 4) is 11.1 Å². The van der Waals surface area contributed by atoms with Gasteiger partial charge in [-0.3, -0.25) is 9.59 Å². The smallest absolute Gasteiger partial charge is 0.239 e. The van der Waals surface area contributed by atoms with Crippen LogP contribution in [0.1, 0.15) is 22.3 Å². The Labute approximate surface area is 230 Å². The van der Waals surface area contributed by atoms with Crippen LogP contribution in [0.5, 0.6) is 0 Å². The summed E-state index contributed by atoms with van der Waals surface area (Å²) in [4.78, 5) is 29.7. The summed E-state index contributed by atoms with van der Waals surface area (Å²) in [5, 5.41) is 0.676. The molecule has 4 aliphatic rings. The molecule has 0 N–H and O–H groups in total. The molecular formula is C30H18Br2ClNO2. The van der Waals surface area contributed by atoms with Crippen LogP contribution in [0.2, 0.25) is 5.02 Å². The number of benzene rings is 4. The van der Waals surface area contributed by atoms with Gasteiger partial charge in [-0.1, -0.05) is 116 Å². The fourth-order valence-electron chi connectivity index (χ4n) is 6.37. The van der Waals surface area contributed by atoms with Crippen LogP contribution in [0.15, 0.2) is 97.1 Å². The lowest BCUT2D eigenvalue weighted by molar-refractivity contribution is -0.122. The van der Waals surface area contributed by atoms with Gasteiger partial charge in [-0.15, -0.1) is 0 Å². The third-order valence-electron chi connectivity index (χ3n) is 7.89. The Bertz CT molecular complexity index is 1460. The van der Waals surface area contributed by atoms with Crippen LogP contribution >= 0.6 is 43.5 Å². The largest absolute Gasteiger partial charge is 0.274 e. The second-order valence-corrected chi connectivity index (χ2v) is 12.5. The third-order valence-corrected chi connectivity index (χ3v) is 10.8. The Hall–Kier alpha value is -2.73. The second kappa shape index (κ2) is 7.64. The van der Waals surface area contributed by atoms with E-state index < -0.39 is 20.5 Å². The first-order chi connectivity index (χ1) is 17.4. The molecule has 1 fully saturated rings. The van der Waals surface area contributed by atoms with Crippen LogP contribution in [0, 0.1) is 11.8 Å². The summed E-state index contributed by atoms with van der Waals surface area (Å²) < 4.78 is -1.57. The van der Waals surface area contributed by atoms with Gasteiger partial charge in [0.15, 0.2) is 0 Å². The number of rotatable bonds is 2. The summed E-state index contributed by atoms with van der Waals surface area (Å²) in [5.74, 6) is -1.53. The summed E-state index contributed by atoms with van der Waals surface area (Å²) in [6.07, 6.45) is 0. The van der Waals surface area contributed by atoms with Crippen molar-refractivity contribution in [3.05, 3.63) is 124 Å². The summed E-state index contributed by atoms with van der Waals surface area (Å²) in [6.45, 7) is 0. The maximum absolute atomic E-state index is 14.1. The lowest BCUT2D eigenvalue weighted by Crippen LogP contribution is -2.56. The van der Waals surface area contributed by atoms with Gasteiger partial charge in [0.05, 0.1) is 26.2 Å². The van der Waals surface area contributed by atoms with Crippen molar-refractivity contribution in [2.24, 2.45) is 11.8 Å². The van der Waals surface area contributed by atoms with Crippen LogP contribution in [-0.4, -0.2) is 11.8 Å². The lowest BCUT2D eigenvalue weighted by atomic mass is 9.54. The van der Waals surface area contributed by atoms with Crippen molar-refractivity contribution in [2.75, 3.05) is 4.90 Å². The Balaban J connectivity index is 1.37. The van der Waals surface area contributed by atoms with E-state index in [4.69, 9.17) is 11.6 Å². The predicted molar refractivity (Wildman–Crippen MR) is 149 cm³/mol. The molecule has 0 saturated carbocycles. The Morgan fingerprint density at radius 2 is 0.944 bits per heavy atom. The standard InChI is InChI=1S/C30H18Br2ClNO2/c31-29-21-5-1-2-6-22(21)30(32,24-8-4-3-7-23(24)29)26-25(29)27(35)34(28(26)36)20-15-11-18(12-16-20)17-9-13-19(33)14-10-17/h1-16,25-26H/t25-,26-,29?,30?/m1/s1. The van der Waals surface area contributed by atoms with Gasteiger partial charge >= 0.3 is 0 Å². The number of hydrogen-bond acceptors (Lipinski definition) is 2. The summed E-state index contributed by atoms with van der Waals surface area (Å²) in [7, 11) is 0. The Kier molecular flexibility index (Phi) is 4.77. The molecule has 0 aromatic heterocycles. The third kappa shape index (κ3) is 2.69. The van der Waals surface area contributed by atoms with E-state index in [1.165, 1.54) is 4.90 Å². The zero-order valence-corrected chi connectivity index (χ0v) is 22.7.